The highest BCUT2D eigenvalue weighted by atomic mass is 32.2. The van der Waals surface area contributed by atoms with Crippen molar-refractivity contribution in [2.75, 3.05) is 11.5 Å². The lowest BCUT2D eigenvalue weighted by atomic mass is 10.1. The van der Waals surface area contributed by atoms with Crippen LogP contribution in [0, 0.1) is 27.7 Å². The van der Waals surface area contributed by atoms with E-state index in [1.54, 1.807) is 25.8 Å². The number of thiophene rings is 2. The Morgan fingerprint density at radius 1 is 0.619 bits per heavy atom. The maximum atomic E-state index is 2.25. The minimum atomic E-state index is 1.30. The molecule has 114 valence electrons. The van der Waals surface area contributed by atoms with Gasteiger partial charge in [-0.25, -0.2) is 0 Å². The van der Waals surface area contributed by atoms with Gasteiger partial charge in [0.1, 0.15) is 0 Å². The van der Waals surface area contributed by atoms with E-state index < -0.39 is 0 Å². The quantitative estimate of drug-likeness (QED) is 0.535. The zero-order chi connectivity index (χ0) is 15.0. The summed E-state index contributed by atoms with van der Waals surface area (Å²) in [6.07, 6.45) is 3.99. The molecule has 0 saturated heterocycles. The van der Waals surface area contributed by atoms with Crippen molar-refractivity contribution in [2.24, 2.45) is 0 Å². The third kappa shape index (κ3) is 3.24. The van der Waals surface area contributed by atoms with Gasteiger partial charge in [0.05, 0.1) is 0 Å². The van der Waals surface area contributed by atoms with Crippen LogP contribution in [0.1, 0.15) is 37.1 Å². The van der Waals surface area contributed by atoms with Gasteiger partial charge < -0.3 is 0 Å². The van der Waals surface area contributed by atoms with Crippen molar-refractivity contribution >= 4 is 46.2 Å². The Hall–Kier alpha value is 0.1000. The van der Waals surface area contributed by atoms with E-state index in [0.717, 1.165) is 0 Å². The molecule has 0 fully saturated rings. The Morgan fingerprint density at radius 3 is 1.71 bits per heavy atom. The highest BCUT2D eigenvalue weighted by Gasteiger charge is 2.18. The van der Waals surface area contributed by atoms with Crippen molar-refractivity contribution in [3.8, 4) is 0 Å². The van der Waals surface area contributed by atoms with Crippen LogP contribution in [-0.4, -0.2) is 11.5 Å². The number of aryl methyl sites for hydroxylation is 4. The second kappa shape index (κ2) is 6.69. The molecular weight excluding hydrogens is 332 g/mol. The summed E-state index contributed by atoms with van der Waals surface area (Å²) >= 11 is 7.99. The first-order valence-corrected chi connectivity index (χ1v) is 11.1. The second-order valence-electron chi connectivity index (χ2n) is 5.59. The lowest BCUT2D eigenvalue weighted by molar-refractivity contribution is 0.888. The zero-order valence-electron chi connectivity index (χ0n) is 13.2. The smallest absolute Gasteiger partial charge is 0.0244 e. The van der Waals surface area contributed by atoms with Crippen LogP contribution >= 0.6 is 46.2 Å². The van der Waals surface area contributed by atoms with Gasteiger partial charge in [-0.05, 0) is 63.8 Å². The molecule has 0 spiro atoms. The van der Waals surface area contributed by atoms with E-state index >= 15 is 0 Å². The first kappa shape index (κ1) is 16.0. The molecule has 0 N–H and O–H groups in total. The van der Waals surface area contributed by atoms with Crippen LogP contribution < -0.4 is 0 Å². The van der Waals surface area contributed by atoms with Gasteiger partial charge in [-0.15, -0.1) is 46.2 Å². The fourth-order valence-electron chi connectivity index (χ4n) is 3.05. The normalized spacial score (nSPS) is 16.2. The van der Waals surface area contributed by atoms with Gasteiger partial charge in [0, 0.05) is 35.1 Å². The Bertz CT molecular complexity index is 597. The summed E-state index contributed by atoms with van der Waals surface area (Å²) in [7, 11) is 0. The van der Waals surface area contributed by atoms with Crippen molar-refractivity contribution in [3.05, 3.63) is 30.6 Å². The molecule has 2 aliphatic rings. The highest BCUT2D eigenvalue weighted by molar-refractivity contribution is 8.00. The fraction of sp³-hybridized carbons (Fsp3) is 0.529. The first-order valence-electron chi connectivity index (χ1n) is 7.51. The summed E-state index contributed by atoms with van der Waals surface area (Å²) in [5.74, 6) is 2.63. The number of hydrogen-bond acceptors (Lipinski definition) is 4. The largest absolute Gasteiger partial charge is 0.145 e. The molecule has 21 heavy (non-hydrogen) atoms. The van der Waals surface area contributed by atoms with Crippen molar-refractivity contribution in [1.82, 2.24) is 0 Å². The molecule has 0 radical (unpaired) electrons. The Kier molecular flexibility index (Phi) is 5.09. The van der Waals surface area contributed by atoms with E-state index in [2.05, 4.69) is 27.7 Å². The maximum Gasteiger partial charge on any atom is 0.0244 e. The van der Waals surface area contributed by atoms with Gasteiger partial charge in [-0.2, -0.15) is 0 Å². The van der Waals surface area contributed by atoms with Gasteiger partial charge in [-0.1, -0.05) is 0 Å². The molecule has 2 aromatic heterocycles. The van der Waals surface area contributed by atoms with Crippen LogP contribution in [0.15, 0.2) is 9.79 Å². The summed E-state index contributed by atoms with van der Waals surface area (Å²) in [5.41, 5.74) is 3.27. The lowest BCUT2D eigenvalue weighted by Gasteiger charge is -2.11. The van der Waals surface area contributed by atoms with E-state index in [4.69, 9.17) is 0 Å². The predicted octanol–water partition coefficient (Wildman–Crippen LogP) is 6.42. The van der Waals surface area contributed by atoms with Gasteiger partial charge >= 0.3 is 0 Å². The lowest BCUT2D eigenvalue weighted by Crippen LogP contribution is -1.96. The van der Waals surface area contributed by atoms with E-state index in [1.807, 2.05) is 46.2 Å². The van der Waals surface area contributed by atoms with Gasteiger partial charge in [0.15, 0.2) is 0 Å². The molecule has 0 aromatic carbocycles. The molecule has 0 amide bonds. The fourth-order valence-corrected chi connectivity index (χ4v) is 8.06. The van der Waals surface area contributed by atoms with Crippen molar-refractivity contribution in [1.29, 1.82) is 0 Å². The van der Waals surface area contributed by atoms with Crippen LogP contribution in [0.2, 0.25) is 0 Å². The summed E-state index contributed by atoms with van der Waals surface area (Å²) < 4.78 is 0. The molecule has 4 rings (SSSR count). The number of fused-ring (bicyclic) bond motifs is 2. The number of rotatable bonds is 0. The highest BCUT2D eigenvalue weighted by Crippen LogP contribution is 2.41. The molecule has 0 bridgehead atoms. The maximum absolute atomic E-state index is 2.25. The number of hydrogen-bond donors (Lipinski definition) is 0. The van der Waals surface area contributed by atoms with E-state index in [-0.39, 0.29) is 0 Å². The van der Waals surface area contributed by atoms with Crippen molar-refractivity contribution < 1.29 is 0 Å². The molecule has 4 heterocycles. The van der Waals surface area contributed by atoms with Crippen LogP contribution in [-0.2, 0) is 12.8 Å². The van der Waals surface area contributed by atoms with Crippen molar-refractivity contribution in [2.45, 2.75) is 56.7 Å². The molecule has 2 aromatic rings. The molecular formula is C17H22S4. The summed E-state index contributed by atoms with van der Waals surface area (Å²) in [6, 6.07) is 0. The number of thioether (sulfide) groups is 2. The van der Waals surface area contributed by atoms with Crippen LogP contribution in [0.25, 0.3) is 0 Å². The Labute approximate surface area is 144 Å². The Balaban J connectivity index is 0.000000126. The molecule has 0 atom stereocenters. The predicted molar refractivity (Wildman–Crippen MR) is 101 cm³/mol. The zero-order valence-corrected chi connectivity index (χ0v) is 16.4. The van der Waals surface area contributed by atoms with E-state index in [1.165, 1.54) is 45.4 Å². The average Bonchev–Trinajstić information content (AvgIpc) is 3.12. The van der Waals surface area contributed by atoms with Crippen molar-refractivity contribution in [3.63, 3.8) is 0 Å². The average molecular weight is 355 g/mol. The molecule has 4 heteroatoms. The minimum absolute atomic E-state index is 1.30. The minimum Gasteiger partial charge on any atom is -0.145 e. The van der Waals surface area contributed by atoms with Crippen LogP contribution in [0.5, 0.6) is 0 Å². The van der Waals surface area contributed by atoms with Gasteiger partial charge in [0.25, 0.3) is 0 Å². The summed E-state index contributed by atoms with van der Waals surface area (Å²) in [4.78, 5) is 9.32. The summed E-state index contributed by atoms with van der Waals surface area (Å²) in [6.45, 7) is 8.97. The van der Waals surface area contributed by atoms with E-state index in [0.29, 0.717) is 0 Å². The SMILES string of the molecule is Cc1sc(C)c2c1CCCS2.Cc1sc(C)c2c1CCS2. The van der Waals surface area contributed by atoms with E-state index in [9.17, 15) is 0 Å². The molecule has 0 saturated carbocycles. The standard InChI is InChI=1S/C9H12S2.C8H10S2/c1-6-8-4-3-5-10-9(8)7(2)11-6;1-5-7-3-4-9-8(7)6(2)10-5/h3-5H2,1-2H3;3-4H2,1-2H3. The first-order chi connectivity index (χ1) is 10.1. The third-order valence-corrected chi connectivity index (χ3v) is 9.03. The van der Waals surface area contributed by atoms with Gasteiger partial charge in [-0.3, -0.25) is 0 Å². The Morgan fingerprint density at radius 2 is 1.14 bits per heavy atom. The molecule has 2 aliphatic heterocycles. The summed E-state index contributed by atoms with van der Waals surface area (Å²) in [5, 5.41) is 0. The topological polar surface area (TPSA) is 0 Å². The molecule has 0 nitrogen and oxygen atoms in total. The monoisotopic (exact) mass is 354 g/mol. The van der Waals surface area contributed by atoms with Crippen LogP contribution in [0.3, 0.4) is 0 Å². The molecule has 0 unspecified atom stereocenters. The van der Waals surface area contributed by atoms with Crippen LogP contribution in [0.4, 0.5) is 0 Å². The van der Waals surface area contributed by atoms with Gasteiger partial charge in [0.2, 0.25) is 0 Å². The third-order valence-electron chi connectivity index (χ3n) is 4.07. The molecule has 0 aliphatic carbocycles. The second-order valence-corrected chi connectivity index (χ2v) is 10.7.